The van der Waals surface area contributed by atoms with Gasteiger partial charge in [0.2, 0.25) is 0 Å². The number of hydrogen-bond acceptors (Lipinski definition) is 1. The van der Waals surface area contributed by atoms with Gasteiger partial charge in [-0.3, -0.25) is 4.21 Å². The van der Waals surface area contributed by atoms with Gasteiger partial charge in [-0.1, -0.05) is 41.5 Å². The molecule has 1 aliphatic rings. The topological polar surface area (TPSA) is 17.1 Å². The highest BCUT2D eigenvalue weighted by Crippen LogP contribution is 2.33. The lowest BCUT2D eigenvalue weighted by Gasteiger charge is -2.24. The van der Waals surface area contributed by atoms with Gasteiger partial charge in [-0.05, 0) is 25.8 Å². The molecule has 15 heavy (non-hydrogen) atoms. The highest BCUT2D eigenvalue weighted by molar-refractivity contribution is 7.85. The number of hydrogen-bond donors (Lipinski definition) is 0. The van der Waals surface area contributed by atoms with Crippen LogP contribution in [0, 0.1) is 0 Å². The smallest absolute Gasteiger partial charge is 0.0637 e. The summed E-state index contributed by atoms with van der Waals surface area (Å²) < 4.78 is 12.0. The fourth-order valence-corrected chi connectivity index (χ4v) is 3.69. The zero-order valence-corrected chi connectivity index (χ0v) is 10.0. The summed E-state index contributed by atoms with van der Waals surface area (Å²) in [5.74, 6) is 0.741. The van der Waals surface area contributed by atoms with Crippen molar-refractivity contribution in [2.75, 3.05) is 5.75 Å². The molecule has 2 rings (SSSR count). The second kappa shape index (κ2) is 4.31. The summed E-state index contributed by atoms with van der Waals surface area (Å²) in [5.41, 5.74) is 3.92. The molecular formula is C13H16OS. The molecule has 0 saturated carbocycles. The minimum atomic E-state index is -0.738. The van der Waals surface area contributed by atoms with Crippen molar-refractivity contribution in [3.8, 4) is 0 Å². The first-order chi connectivity index (χ1) is 7.18. The Morgan fingerprint density at radius 1 is 1.13 bits per heavy atom. The molecule has 2 unspecified atom stereocenters. The van der Waals surface area contributed by atoms with E-state index >= 15 is 0 Å². The average Bonchev–Trinajstić information content (AvgIpc) is 2.25. The van der Waals surface area contributed by atoms with E-state index in [1.165, 1.54) is 16.7 Å². The Labute approximate surface area is 93.7 Å². The summed E-state index contributed by atoms with van der Waals surface area (Å²) in [5, 5.41) is 0.204. The first-order valence-corrected chi connectivity index (χ1v) is 6.64. The van der Waals surface area contributed by atoms with Crippen molar-refractivity contribution in [3.05, 3.63) is 47.0 Å². The maximum atomic E-state index is 12.0. The summed E-state index contributed by atoms with van der Waals surface area (Å²) in [6.07, 6.45) is 0.947. The molecule has 0 spiro atoms. The lowest BCUT2D eigenvalue weighted by atomic mass is 10.0. The quantitative estimate of drug-likeness (QED) is 0.664. The van der Waals surface area contributed by atoms with Gasteiger partial charge in [-0.2, -0.15) is 0 Å². The maximum absolute atomic E-state index is 12.0. The van der Waals surface area contributed by atoms with Gasteiger partial charge in [0.15, 0.2) is 0 Å². The Kier molecular flexibility index (Phi) is 3.06. The Bertz CT molecular complexity index is 406. The highest BCUT2D eigenvalue weighted by atomic mass is 32.2. The average molecular weight is 220 g/mol. The van der Waals surface area contributed by atoms with E-state index in [0.717, 1.165) is 12.2 Å². The second-order valence-electron chi connectivity index (χ2n) is 4.19. The predicted molar refractivity (Wildman–Crippen MR) is 65.2 cm³/mol. The molecule has 80 valence electrons. The van der Waals surface area contributed by atoms with Crippen molar-refractivity contribution in [3.63, 3.8) is 0 Å². The van der Waals surface area contributed by atoms with E-state index in [2.05, 4.69) is 26.0 Å². The molecule has 2 atom stereocenters. The van der Waals surface area contributed by atoms with E-state index in [4.69, 9.17) is 0 Å². The van der Waals surface area contributed by atoms with Crippen LogP contribution in [0.15, 0.2) is 41.5 Å². The summed E-state index contributed by atoms with van der Waals surface area (Å²) in [6.45, 7) is 4.25. The fourth-order valence-electron chi connectivity index (χ4n) is 1.92. The van der Waals surface area contributed by atoms with Crippen LogP contribution in [-0.4, -0.2) is 9.96 Å². The lowest BCUT2D eigenvalue weighted by molar-refractivity contribution is 0.667. The Morgan fingerprint density at radius 3 is 2.47 bits per heavy atom. The molecule has 1 aromatic carbocycles. The summed E-state index contributed by atoms with van der Waals surface area (Å²) >= 11 is 0. The Hall–Kier alpha value is -0.890. The van der Waals surface area contributed by atoms with Gasteiger partial charge in [0.25, 0.3) is 0 Å². The molecule has 1 heterocycles. The van der Waals surface area contributed by atoms with Gasteiger partial charge in [0.05, 0.1) is 5.25 Å². The monoisotopic (exact) mass is 220 g/mol. The van der Waals surface area contributed by atoms with Crippen molar-refractivity contribution in [2.24, 2.45) is 0 Å². The van der Waals surface area contributed by atoms with E-state index in [0.29, 0.717) is 0 Å². The van der Waals surface area contributed by atoms with Gasteiger partial charge >= 0.3 is 0 Å². The molecule has 0 amide bonds. The zero-order chi connectivity index (χ0) is 10.8. The van der Waals surface area contributed by atoms with Crippen LogP contribution in [-0.2, 0) is 10.8 Å². The third-order valence-corrected chi connectivity index (χ3v) is 4.86. The molecule has 1 aliphatic heterocycles. The third-order valence-electron chi connectivity index (χ3n) is 3.07. The number of benzene rings is 1. The van der Waals surface area contributed by atoms with Crippen molar-refractivity contribution in [1.29, 1.82) is 0 Å². The third kappa shape index (κ3) is 2.20. The van der Waals surface area contributed by atoms with Crippen molar-refractivity contribution >= 4 is 10.8 Å². The number of allylic oxidation sites excluding steroid dienone is 1. The fraction of sp³-hybridized carbons (Fsp3) is 0.385. The van der Waals surface area contributed by atoms with Crippen LogP contribution in [0.3, 0.4) is 0 Å². The Morgan fingerprint density at radius 2 is 1.80 bits per heavy atom. The normalized spacial score (nSPS) is 26.8. The molecule has 0 aromatic heterocycles. The van der Waals surface area contributed by atoms with Crippen LogP contribution in [0.2, 0.25) is 0 Å². The summed E-state index contributed by atoms with van der Waals surface area (Å²) in [7, 11) is -0.738. The van der Waals surface area contributed by atoms with E-state index in [9.17, 15) is 4.21 Å². The van der Waals surface area contributed by atoms with Crippen molar-refractivity contribution in [1.82, 2.24) is 0 Å². The molecule has 1 nitrogen and oxygen atoms in total. The van der Waals surface area contributed by atoms with E-state index < -0.39 is 10.8 Å². The van der Waals surface area contributed by atoms with Crippen molar-refractivity contribution in [2.45, 2.75) is 25.5 Å². The first kappa shape index (κ1) is 10.6. The van der Waals surface area contributed by atoms with Gasteiger partial charge in [0.1, 0.15) is 0 Å². The maximum Gasteiger partial charge on any atom is 0.0637 e. The molecule has 0 N–H and O–H groups in total. The van der Waals surface area contributed by atoms with Gasteiger partial charge in [0, 0.05) is 16.6 Å². The van der Waals surface area contributed by atoms with Crippen LogP contribution in [0.1, 0.15) is 31.1 Å². The minimum absolute atomic E-state index is 0.204. The van der Waals surface area contributed by atoms with E-state index in [1.54, 1.807) is 0 Å². The molecule has 2 heteroatoms. The van der Waals surface area contributed by atoms with Crippen LogP contribution in [0.25, 0.3) is 0 Å². The van der Waals surface area contributed by atoms with Crippen LogP contribution in [0.5, 0.6) is 0 Å². The van der Waals surface area contributed by atoms with Gasteiger partial charge in [-0.25, -0.2) is 0 Å². The summed E-state index contributed by atoms with van der Waals surface area (Å²) in [6, 6.07) is 10.2. The minimum Gasteiger partial charge on any atom is -0.259 e. The van der Waals surface area contributed by atoms with Gasteiger partial charge < -0.3 is 0 Å². The summed E-state index contributed by atoms with van der Waals surface area (Å²) in [4.78, 5) is 0. The number of rotatable bonds is 1. The molecule has 0 aliphatic carbocycles. The molecular weight excluding hydrogens is 204 g/mol. The molecule has 0 radical (unpaired) electrons. The standard InChI is InChI=1S/C13H16OS/c1-10-8-13(15(14)9-11(10)2)12-6-4-3-5-7-12/h3-7,13H,8-9H2,1-2H3. The lowest BCUT2D eigenvalue weighted by Crippen LogP contribution is -2.17. The largest absolute Gasteiger partial charge is 0.259 e. The zero-order valence-electron chi connectivity index (χ0n) is 9.19. The van der Waals surface area contributed by atoms with E-state index in [1.807, 2.05) is 18.2 Å². The molecule has 0 saturated heterocycles. The molecule has 0 fully saturated rings. The van der Waals surface area contributed by atoms with Crippen LogP contribution in [0.4, 0.5) is 0 Å². The van der Waals surface area contributed by atoms with Crippen LogP contribution < -0.4 is 0 Å². The Balaban J connectivity index is 2.29. The first-order valence-electron chi connectivity index (χ1n) is 5.26. The molecule has 1 aromatic rings. The molecule has 0 bridgehead atoms. The second-order valence-corrected chi connectivity index (χ2v) is 5.81. The van der Waals surface area contributed by atoms with Gasteiger partial charge in [-0.15, -0.1) is 0 Å². The van der Waals surface area contributed by atoms with E-state index in [-0.39, 0.29) is 5.25 Å². The van der Waals surface area contributed by atoms with Crippen LogP contribution >= 0.6 is 0 Å². The van der Waals surface area contributed by atoms with Crippen molar-refractivity contribution < 1.29 is 4.21 Å². The predicted octanol–water partition coefficient (Wildman–Crippen LogP) is 3.22. The SMILES string of the molecule is CC1=C(C)CS(=O)C(c2ccccc2)C1. The highest BCUT2D eigenvalue weighted by Gasteiger charge is 2.24.